The van der Waals surface area contributed by atoms with Crippen molar-refractivity contribution in [1.29, 1.82) is 0 Å². The lowest BCUT2D eigenvalue weighted by molar-refractivity contribution is -0.117. The van der Waals surface area contributed by atoms with Crippen molar-refractivity contribution in [2.75, 3.05) is 11.4 Å². The molecule has 2 aliphatic heterocycles. The maximum Gasteiger partial charge on any atom is 0.228 e. The van der Waals surface area contributed by atoms with Gasteiger partial charge in [0, 0.05) is 40.7 Å². The van der Waals surface area contributed by atoms with Gasteiger partial charge in [-0.2, -0.15) is 11.3 Å². The van der Waals surface area contributed by atoms with Crippen molar-refractivity contribution in [2.45, 2.75) is 38.4 Å². The molecule has 5 heteroatoms. The number of thiophene rings is 2. The summed E-state index contributed by atoms with van der Waals surface area (Å²) in [5, 5.41) is 4.14. The van der Waals surface area contributed by atoms with Crippen molar-refractivity contribution >= 4 is 34.3 Å². The number of amides is 1. The maximum atomic E-state index is 12.4. The average molecular weight is 318 g/mol. The zero-order chi connectivity index (χ0) is 14.4. The molecule has 1 amide bonds. The highest BCUT2D eigenvalue weighted by atomic mass is 32.1. The topological polar surface area (TPSA) is 23.6 Å². The molecule has 4 heterocycles. The van der Waals surface area contributed by atoms with Gasteiger partial charge in [0.05, 0.1) is 11.7 Å². The second-order valence-corrected chi connectivity index (χ2v) is 8.01. The Morgan fingerprint density at radius 1 is 1.29 bits per heavy atom. The quantitative estimate of drug-likeness (QED) is 0.865. The van der Waals surface area contributed by atoms with Crippen molar-refractivity contribution in [3.05, 3.63) is 38.7 Å². The number of aryl methyl sites for hydroxylation is 1. The number of rotatable bonds is 3. The molecule has 2 aliphatic rings. The lowest BCUT2D eigenvalue weighted by Gasteiger charge is -2.24. The second kappa shape index (κ2) is 5.23. The summed E-state index contributed by atoms with van der Waals surface area (Å²) in [6.45, 7) is 4.24. The first kappa shape index (κ1) is 13.5. The molecule has 0 radical (unpaired) electrons. The Morgan fingerprint density at radius 2 is 2.19 bits per heavy atom. The highest BCUT2D eigenvalue weighted by molar-refractivity contribution is 7.11. The van der Waals surface area contributed by atoms with Gasteiger partial charge in [0.15, 0.2) is 0 Å². The highest BCUT2D eigenvalue weighted by Gasteiger charge is 2.47. The monoisotopic (exact) mass is 318 g/mol. The van der Waals surface area contributed by atoms with E-state index in [0.29, 0.717) is 18.5 Å². The molecule has 0 aromatic carbocycles. The molecule has 2 aromatic heterocycles. The maximum absolute atomic E-state index is 12.4. The molecular formula is C16H18N2OS2. The fourth-order valence-electron chi connectivity index (χ4n) is 3.62. The largest absolute Gasteiger partial charge is 0.307 e. The third-order valence-corrected chi connectivity index (χ3v) is 6.20. The minimum Gasteiger partial charge on any atom is -0.307 e. The molecule has 4 rings (SSSR count). The van der Waals surface area contributed by atoms with Gasteiger partial charge in [0.1, 0.15) is 0 Å². The van der Waals surface area contributed by atoms with Crippen LogP contribution in [0, 0.1) is 6.92 Å². The highest BCUT2D eigenvalue weighted by Crippen LogP contribution is 2.37. The smallest absolute Gasteiger partial charge is 0.228 e. The molecule has 0 bridgehead atoms. The molecule has 3 nitrogen and oxygen atoms in total. The van der Waals surface area contributed by atoms with Gasteiger partial charge in [0.25, 0.3) is 0 Å². The first-order valence-electron chi connectivity index (χ1n) is 7.36. The van der Waals surface area contributed by atoms with Gasteiger partial charge in [-0.25, -0.2) is 0 Å². The van der Waals surface area contributed by atoms with Crippen LogP contribution < -0.4 is 4.90 Å². The summed E-state index contributed by atoms with van der Waals surface area (Å²) in [6.07, 6.45) is 1.77. The van der Waals surface area contributed by atoms with Gasteiger partial charge in [0.2, 0.25) is 5.91 Å². The Kier molecular flexibility index (Phi) is 3.36. The molecule has 21 heavy (non-hydrogen) atoms. The summed E-state index contributed by atoms with van der Waals surface area (Å²) in [5.41, 5.74) is 1.09. The Labute approximate surface area is 132 Å². The molecular weight excluding hydrogens is 300 g/mol. The molecule has 2 fully saturated rings. The van der Waals surface area contributed by atoms with E-state index < -0.39 is 0 Å². The van der Waals surface area contributed by atoms with Crippen LogP contribution in [-0.2, 0) is 11.3 Å². The number of likely N-dealkylation sites (tertiary alicyclic amines) is 1. The number of fused-ring (bicyclic) bond motifs is 1. The van der Waals surface area contributed by atoms with Crippen molar-refractivity contribution in [1.82, 2.24) is 4.90 Å². The van der Waals surface area contributed by atoms with Crippen LogP contribution in [0.3, 0.4) is 0 Å². The van der Waals surface area contributed by atoms with Crippen LogP contribution in [0.15, 0.2) is 29.0 Å². The van der Waals surface area contributed by atoms with Crippen LogP contribution in [0.2, 0.25) is 0 Å². The SMILES string of the molecule is Cc1ccc(CN2CC[C@H]3[C@H]2CC(=O)N3c2ccsc2)s1. The first-order valence-corrected chi connectivity index (χ1v) is 9.12. The molecule has 0 unspecified atom stereocenters. The average Bonchev–Trinajstić information content (AvgIpc) is 3.18. The Bertz CT molecular complexity index is 649. The summed E-state index contributed by atoms with van der Waals surface area (Å²) in [5.74, 6) is 0.287. The fraction of sp³-hybridized carbons (Fsp3) is 0.438. The third kappa shape index (κ3) is 2.33. The van der Waals surface area contributed by atoms with Crippen LogP contribution in [0.1, 0.15) is 22.6 Å². The molecule has 0 saturated carbocycles. The van der Waals surface area contributed by atoms with E-state index >= 15 is 0 Å². The summed E-state index contributed by atoms with van der Waals surface area (Å²) in [7, 11) is 0. The molecule has 0 aliphatic carbocycles. The van der Waals surface area contributed by atoms with E-state index in [1.54, 1.807) is 11.3 Å². The lowest BCUT2D eigenvalue weighted by Crippen LogP contribution is -2.36. The van der Waals surface area contributed by atoms with Gasteiger partial charge < -0.3 is 4.90 Å². The zero-order valence-electron chi connectivity index (χ0n) is 12.0. The van der Waals surface area contributed by atoms with Crippen molar-refractivity contribution < 1.29 is 4.79 Å². The van der Waals surface area contributed by atoms with Crippen LogP contribution in [0.25, 0.3) is 0 Å². The summed E-state index contributed by atoms with van der Waals surface area (Å²) in [6, 6.07) is 7.23. The second-order valence-electron chi connectivity index (χ2n) is 5.86. The van der Waals surface area contributed by atoms with Gasteiger partial charge in [-0.15, -0.1) is 11.3 Å². The number of hydrogen-bond donors (Lipinski definition) is 0. The number of anilines is 1. The van der Waals surface area contributed by atoms with Crippen LogP contribution in [-0.4, -0.2) is 29.4 Å². The van der Waals surface area contributed by atoms with E-state index in [4.69, 9.17) is 0 Å². The molecule has 2 atom stereocenters. The van der Waals surface area contributed by atoms with E-state index in [-0.39, 0.29) is 5.91 Å². The Balaban J connectivity index is 1.53. The Morgan fingerprint density at radius 3 is 2.90 bits per heavy atom. The predicted molar refractivity (Wildman–Crippen MR) is 88.1 cm³/mol. The number of hydrogen-bond acceptors (Lipinski definition) is 4. The number of carbonyl (C=O) groups is 1. The normalized spacial score (nSPS) is 25.8. The van der Waals surface area contributed by atoms with Crippen molar-refractivity contribution in [2.24, 2.45) is 0 Å². The van der Waals surface area contributed by atoms with E-state index in [1.165, 1.54) is 9.75 Å². The van der Waals surface area contributed by atoms with Gasteiger partial charge in [-0.1, -0.05) is 0 Å². The summed E-state index contributed by atoms with van der Waals surface area (Å²) in [4.78, 5) is 19.7. The van der Waals surface area contributed by atoms with Crippen LogP contribution in [0.5, 0.6) is 0 Å². The summed E-state index contributed by atoms with van der Waals surface area (Å²) >= 11 is 3.53. The zero-order valence-corrected chi connectivity index (χ0v) is 13.6. The van der Waals surface area contributed by atoms with Gasteiger partial charge in [-0.05, 0) is 36.9 Å². The van der Waals surface area contributed by atoms with E-state index in [9.17, 15) is 4.79 Å². The number of carbonyl (C=O) groups excluding carboxylic acids is 1. The molecule has 0 N–H and O–H groups in total. The molecule has 0 spiro atoms. The van der Waals surface area contributed by atoms with Gasteiger partial charge in [-0.3, -0.25) is 9.69 Å². The molecule has 2 aromatic rings. The van der Waals surface area contributed by atoms with E-state index in [1.807, 2.05) is 16.2 Å². The predicted octanol–water partition coefficient (Wildman–Crippen LogP) is 3.50. The molecule has 110 valence electrons. The minimum atomic E-state index is 0.287. The van der Waals surface area contributed by atoms with E-state index in [0.717, 1.165) is 25.2 Å². The lowest BCUT2D eigenvalue weighted by atomic mass is 10.1. The van der Waals surface area contributed by atoms with Crippen LogP contribution in [0.4, 0.5) is 5.69 Å². The molecule has 2 saturated heterocycles. The van der Waals surface area contributed by atoms with E-state index in [2.05, 4.69) is 40.8 Å². The summed E-state index contributed by atoms with van der Waals surface area (Å²) < 4.78 is 0. The van der Waals surface area contributed by atoms with Crippen LogP contribution >= 0.6 is 22.7 Å². The Hall–Kier alpha value is -1.17. The van der Waals surface area contributed by atoms with Crippen molar-refractivity contribution in [3.63, 3.8) is 0 Å². The third-order valence-electron chi connectivity index (χ3n) is 4.55. The van der Waals surface area contributed by atoms with Crippen molar-refractivity contribution in [3.8, 4) is 0 Å². The standard InChI is InChI=1S/C16H18N2OS2/c1-11-2-3-13(21-11)9-17-6-4-14-15(17)8-16(19)18(14)12-5-7-20-10-12/h2-3,5,7,10,14-15H,4,6,8-9H2,1H3/t14-,15+/m0/s1. The number of nitrogens with zero attached hydrogens (tertiary/aromatic N) is 2. The van der Waals surface area contributed by atoms with Gasteiger partial charge >= 0.3 is 0 Å². The first-order chi connectivity index (χ1) is 10.2. The fourth-order valence-corrected chi connectivity index (χ4v) is 5.17. The minimum absolute atomic E-state index is 0.287.